The predicted molar refractivity (Wildman–Crippen MR) is 158 cm³/mol. The molecule has 6 nitrogen and oxygen atoms in total. The first kappa shape index (κ1) is 26.3. The lowest BCUT2D eigenvalue weighted by Gasteiger charge is -2.39. The fraction of sp³-hybridized carbons (Fsp3) is 0.273. The molecule has 2 heterocycles. The highest BCUT2D eigenvalue weighted by Crippen LogP contribution is 2.42. The largest absolute Gasteiger partial charge is 0.322 e. The molecule has 1 unspecified atom stereocenters. The third-order valence-electron chi connectivity index (χ3n) is 7.45. The molecule has 0 spiro atoms. The van der Waals surface area contributed by atoms with Crippen molar-refractivity contribution in [2.24, 2.45) is 0 Å². The summed E-state index contributed by atoms with van der Waals surface area (Å²) in [6.07, 6.45) is 3.78. The molecule has 0 saturated heterocycles. The summed E-state index contributed by atoms with van der Waals surface area (Å²) in [5.41, 5.74) is 7.78. The zero-order valence-electron chi connectivity index (χ0n) is 23.1. The molecule has 1 aliphatic rings. The molecule has 4 aromatic rings. The molecule has 39 heavy (non-hydrogen) atoms. The van der Waals surface area contributed by atoms with Crippen molar-refractivity contribution in [3.05, 3.63) is 113 Å². The summed E-state index contributed by atoms with van der Waals surface area (Å²) in [5.74, 6) is -0.117. The monoisotopic (exact) mass is 520 g/mol. The Morgan fingerprint density at radius 3 is 2.31 bits per heavy atom. The minimum atomic E-state index is -0.308. The molecule has 0 bridgehead atoms. The van der Waals surface area contributed by atoms with E-state index in [0.717, 1.165) is 57.9 Å². The van der Waals surface area contributed by atoms with Gasteiger partial charge in [-0.3, -0.25) is 9.69 Å². The average Bonchev–Trinajstić information content (AvgIpc) is 3.42. The van der Waals surface area contributed by atoms with Crippen LogP contribution in [0.5, 0.6) is 0 Å². The number of fused-ring (bicyclic) bond motifs is 3. The van der Waals surface area contributed by atoms with E-state index in [1.165, 1.54) is 0 Å². The van der Waals surface area contributed by atoms with Gasteiger partial charge in [-0.2, -0.15) is 0 Å². The van der Waals surface area contributed by atoms with E-state index in [9.17, 15) is 9.59 Å². The molecule has 1 aliphatic heterocycles. The van der Waals surface area contributed by atoms with Gasteiger partial charge < -0.3 is 14.8 Å². The van der Waals surface area contributed by atoms with Gasteiger partial charge in [-0.15, -0.1) is 0 Å². The molecule has 3 amide bonds. The number of carbonyl (C=O) groups is 2. The number of nitrogens with one attached hydrogen (secondary N) is 1. The van der Waals surface area contributed by atoms with Gasteiger partial charge in [0.05, 0.1) is 17.1 Å². The number of urea groups is 1. The maximum absolute atomic E-state index is 14.3. The summed E-state index contributed by atoms with van der Waals surface area (Å²) in [6, 6.07) is 25.8. The Kier molecular flexibility index (Phi) is 7.55. The van der Waals surface area contributed by atoms with Crippen LogP contribution in [0.4, 0.5) is 16.2 Å². The van der Waals surface area contributed by atoms with Crippen molar-refractivity contribution in [3.8, 4) is 5.69 Å². The molecule has 1 N–H and O–H groups in total. The lowest BCUT2D eigenvalue weighted by atomic mass is 9.96. The van der Waals surface area contributed by atoms with Crippen LogP contribution in [0.3, 0.4) is 0 Å². The number of carbonyl (C=O) groups excluding carboxylic acids is 2. The zero-order valence-corrected chi connectivity index (χ0v) is 23.1. The van der Waals surface area contributed by atoms with Crippen LogP contribution < -0.4 is 10.2 Å². The summed E-state index contributed by atoms with van der Waals surface area (Å²) in [5, 5.41) is 3.09. The second kappa shape index (κ2) is 11.2. The molecule has 0 radical (unpaired) electrons. The summed E-state index contributed by atoms with van der Waals surface area (Å²) in [7, 11) is 0. The Morgan fingerprint density at radius 2 is 1.59 bits per heavy atom. The van der Waals surface area contributed by atoms with Gasteiger partial charge >= 0.3 is 6.03 Å². The summed E-state index contributed by atoms with van der Waals surface area (Å²) in [6.45, 7) is 8.60. The fourth-order valence-electron chi connectivity index (χ4n) is 5.46. The van der Waals surface area contributed by atoms with Crippen molar-refractivity contribution >= 4 is 23.3 Å². The van der Waals surface area contributed by atoms with Crippen molar-refractivity contribution < 1.29 is 9.59 Å². The van der Waals surface area contributed by atoms with E-state index in [1.807, 2.05) is 79.5 Å². The standard InChI is InChI=1S/C33H36N4O2/c1-5-6-19-35(33(39)34-31-24(3)13-10-14-25(31)4)22-30(38)37-28-17-8-7-16-27(28)36-20-11-18-29(36)32(37)26-15-9-12-23(2)21-26/h7-18,20-21,32H,5-6,19,22H2,1-4H3,(H,34,39). The molecular weight excluding hydrogens is 484 g/mol. The highest BCUT2D eigenvalue weighted by molar-refractivity contribution is 6.01. The Bertz CT molecular complexity index is 1480. The molecule has 0 saturated carbocycles. The molecule has 5 rings (SSSR count). The summed E-state index contributed by atoms with van der Waals surface area (Å²) in [4.78, 5) is 31.4. The van der Waals surface area contributed by atoms with Crippen LogP contribution in [0.15, 0.2) is 85.1 Å². The minimum Gasteiger partial charge on any atom is -0.316 e. The van der Waals surface area contributed by atoms with Crippen LogP contribution >= 0.6 is 0 Å². The van der Waals surface area contributed by atoms with Gasteiger partial charge in [0.2, 0.25) is 5.91 Å². The van der Waals surface area contributed by atoms with Gasteiger partial charge in [-0.05, 0) is 68.1 Å². The van der Waals surface area contributed by atoms with Crippen LogP contribution in [0.1, 0.15) is 53.8 Å². The van der Waals surface area contributed by atoms with Crippen molar-refractivity contribution in [3.63, 3.8) is 0 Å². The molecule has 1 aromatic heterocycles. The van der Waals surface area contributed by atoms with Crippen LogP contribution in [0.2, 0.25) is 0 Å². The number of unbranched alkanes of at least 4 members (excludes halogenated alkanes) is 1. The van der Waals surface area contributed by atoms with Gasteiger partial charge in [-0.25, -0.2) is 4.79 Å². The SMILES string of the molecule is CCCCN(CC(=O)N1c2ccccc2-n2cccc2C1c1cccc(C)c1)C(=O)Nc1c(C)cccc1C. The van der Waals surface area contributed by atoms with Gasteiger partial charge in [-0.1, -0.05) is 73.5 Å². The molecule has 0 fully saturated rings. The van der Waals surface area contributed by atoms with Crippen LogP contribution in [-0.2, 0) is 4.79 Å². The second-order valence-corrected chi connectivity index (χ2v) is 10.3. The Labute approximate surface area is 230 Å². The number of aryl methyl sites for hydroxylation is 3. The topological polar surface area (TPSA) is 57.6 Å². The molecular formula is C33H36N4O2. The van der Waals surface area contributed by atoms with E-state index in [4.69, 9.17) is 0 Å². The molecule has 3 aromatic carbocycles. The average molecular weight is 521 g/mol. The first-order valence-corrected chi connectivity index (χ1v) is 13.7. The number of aromatic nitrogens is 1. The van der Waals surface area contributed by atoms with Gasteiger partial charge in [0.1, 0.15) is 12.6 Å². The van der Waals surface area contributed by atoms with Crippen LogP contribution in [-0.4, -0.2) is 34.5 Å². The lowest BCUT2D eigenvalue weighted by Crippen LogP contribution is -2.48. The molecule has 0 aliphatic carbocycles. The third kappa shape index (κ3) is 5.19. The van der Waals surface area contributed by atoms with Crippen LogP contribution in [0, 0.1) is 20.8 Å². The maximum Gasteiger partial charge on any atom is 0.322 e. The van der Waals surface area contributed by atoms with E-state index in [0.29, 0.717) is 6.54 Å². The van der Waals surface area contributed by atoms with Gasteiger partial charge in [0, 0.05) is 18.4 Å². The lowest BCUT2D eigenvalue weighted by molar-refractivity contribution is -0.119. The number of amides is 3. The highest BCUT2D eigenvalue weighted by atomic mass is 16.2. The Balaban J connectivity index is 1.52. The highest BCUT2D eigenvalue weighted by Gasteiger charge is 2.37. The fourth-order valence-corrected chi connectivity index (χ4v) is 5.46. The van der Waals surface area contributed by atoms with Gasteiger partial charge in [0.15, 0.2) is 0 Å². The zero-order chi connectivity index (χ0) is 27.5. The Hall–Kier alpha value is -4.32. The smallest absolute Gasteiger partial charge is 0.316 e. The number of anilines is 2. The third-order valence-corrected chi connectivity index (χ3v) is 7.45. The van der Waals surface area contributed by atoms with E-state index in [1.54, 1.807) is 4.90 Å². The quantitative estimate of drug-likeness (QED) is 0.281. The van der Waals surface area contributed by atoms with Crippen molar-refractivity contribution in [1.82, 2.24) is 9.47 Å². The first-order chi connectivity index (χ1) is 18.9. The number of hydrogen-bond donors (Lipinski definition) is 1. The van der Waals surface area contributed by atoms with Crippen LogP contribution in [0.25, 0.3) is 5.69 Å². The first-order valence-electron chi connectivity index (χ1n) is 13.7. The van der Waals surface area contributed by atoms with Crippen molar-refractivity contribution in [1.29, 1.82) is 0 Å². The van der Waals surface area contributed by atoms with Crippen molar-refractivity contribution in [2.45, 2.75) is 46.6 Å². The van der Waals surface area contributed by atoms with E-state index < -0.39 is 0 Å². The number of benzene rings is 3. The Morgan fingerprint density at radius 1 is 0.872 bits per heavy atom. The predicted octanol–water partition coefficient (Wildman–Crippen LogP) is 7.17. The van der Waals surface area contributed by atoms with E-state index in [-0.39, 0.29) is 24.5 Å². The number of para-hydroxylation sites is 3. The number of hydrogen-bond acceptors (Lipinski definition) is 2. The normalized spacial score (nSPS) is 13.9. The number of nitrogens with zero attached hydrogens (tertiary/aromatic N) is 3. The maximum atomic E-state index is 14.3. The van der Waals surface area contributed by atoms with E-state index in [2.05, 4.69) is 48.0 Å². The minimum absolute atomic E-state index is 0.0197. The second-order valence-electron chi connectivity index (χ2n) is 10.3. The van der Waals surface area contributed by atoms with E-state index >= 15 is 0 Å². The van der Waals surface area contributed by atoms with Crippen molar-refractivity contribution in [2.75, 3.05) is 23.3 Å². The van der Waals surface area contributed by atoms with Gasteiger partial charge in [0.25, 0.3) is 0 Å². The molecule has 6 heteroatoms. The number of rotatable bonds is 7. The summed E-state index contributed by atoms with van der Waals surface area (Å²) < 4.78 is 2.16. The molecule has 200 valence electrons. The summed E-state index contributed by atoms with van der Waals surface area (Å²) >= 11 is 0. The molecule has 1 atom stereocenters.